The lowest BCUT2D eigenvalue weighted by Crippen LogP contribution is -2.26. The van der Waals surface area contributed by atoms with Gasteiger partial charge in [0.1, 0.15) is 0 Å². The predicted molar refractivity (Wildman–Crippen MR) is 88.6 cm³/mol. The number of benzene rings is 1. The maximum absolute atomic E-state index is 11.5. The smallest absolute Gasteiger partial charge is 0.221 e. The van der Waals surface area contributed by atoms with Crippen LogP contribution in [0.4, 0.5) is 11.4 Å². The van der Waals surface area contributed by atoms with Crippen LogP contribution in [0.1, 0.15) is 12.5 Å². The molecule has 0 heterocycles. The van der Waals surface area contributed by atoms with E-state index in [0.717, 1.165) is 16.9 Å². The highest BCUT2D eigenvalue weighted by atomic mass is 16.1. The molecule has 1 aliphatic rings. The SMILES string of the molecule is CC(=O)NC1=CC(=O)C=CC1=Nc1ccc(N(C)C)cc1C. The Labute approximate surface area is 130 Å². The minimum atomic E-state index is -0.235. The summed E-state index contributed by atoms with van der Waals surface area (Å²) >= 11 is 0. The largest absolute Gasteiger partial charge is 0.378 e. The van der Waals surface area contributed by atoms with Gasteiger partial charge in [0.2, 0.25) is 5.91 Å². The number of hydrogen-bond acceptors (Lipinski definition) is 4. The molecule has 5 nitrogen and oxygen atoms in total. The first kappa shape index (κ1) is 15.7. The molecule has 1 N–H and O–H groups in total. The topological polar surface area (TPSA) is 61.8 Å². The van der Waals surface area contributed by atoms with Crippen LogP contribution in [0.25, 0.3) is 0 Å². The van der Waals surface area contributed by atoms with Crippen molar-refractivity contribution in [3.63, 3.8) is 0 Å². The summed E-state index contributed by atoms with van der Waals surface area (Å²) in [5, 5.41) is 2.64. The van der Waals surface area contributed by atoms with Crippen LogP contribution in [0.2, 0.25) is 0 Å². The van der Waals surface area contributed by atoms with Crippen molar-refractivity contribution in [1.29, 1.82) is 0 Å². The minimum absolute atomic E-state index is 0.164. The van der Waals surface area contributed by atoms with E-state index >= 15 is 0 Å². The molecule has 0 unspecified atom stereocenters. The molecule has 5 heteroatoms. The second-order valence-electron chi connectivity index (χ2n) is 5.34. The van der Waals surface area contributed by atoms with E-state index in [1.165, 1.54) is 19.1 Å². The lowest BCUT2D eigenvalue weighted by atomic mass is 10.1. The lowest BCUT2D eigenvalue weighted by molar-refractivity contribution is -0.118. The minimum Gasteiger partial charge on any atom is -0.378 e. The number of aryl methyl sites for hydroxylation is 1. The molecule has 0 atom stereocenters. The first-order valence-electron chi connectivity index (χ1n) is 6.95. The number of nitrogens with zero attached hydrogens (tertiary/aromatic N) is 2. The Balaban J connectivity index is 2.38. The van der Waals surface area contributed by atoms with Crippen LogP contribution in [0.5, 0.6) is 0 Å². The summed E-state index contributed by atoms with van der Waals surface area (Å²) in [5.41, 5.74) is 3.90. The van der Waals surface area contributed by atoms with Crippen molar-refractivity contribution in [3.05, 3.63) is 47.7 Å². The van der Waals surface area contributed by atoms with Gasteiger partial charge in [0.05, 0.1) is 17.1 Å². The molecule has 1 aromatic carbocycles. The maximum atomic E-state index is 11.5. The standard InChI is InChI=1S/C17H19N3O2/c1-11-9-13(20(3)4)5-7-15(11)19-16-8-6-14(22)10-17(16)18-12(2)21/h5-10H,1-4H3,(H,18,21). The molecule has 22 heavy (non-hydrogen) atoms. The number of rotatable bonds is 3. The first-order valence-corrected chi connectivity index (χ1v) is 6.95. The molecular weight excluding hydrogens is 278 g/mol. The summed E-state index contributed by atoms with van der Waals surface area (Å²) in [5.74, 6) is -0.399. The summed E-state index contributed by atoms with van der Waals surface area (Å²) < 4.78 is 0. The molecule has 0 saturated heterocycles. The highest BCUT2D eigenvalue weighted by Gasteiger charge is 2.13. The van der Waals surface area contributed by atoms with E-state index in [1.54, 1.807) is 6.08 Å². The van der Waals surface area contributed by atoms with Crippen LogP contribution < -0.4 is 10.2 Å². The first-order chi connectivity index (χ1) is 10.4. The van der Waals surface area contributed by atoms with Gasteiger partial charge in [-0.15, -0.1) is 0 Å². The summed E-state index contributed by atoms with van der Waals surface area (Å²) in [7, 11) is 3.96. The summed E-state index contributed by atoms with van der Waals surface area (Å²) in [4.78, 5) is 29.3. The predicted octanol–water partition coefficient (Wildman–Crippen LogP) is 2.29. The third-order valence-corrected chi connectivity index (χ3v) is 3.22. The summed E-state index contributed by atoms with van der Waals surface area (Å²) in [6, 6.07) is 5.94. The van der Waals surface area contributed by atoms with Crippen molar-refractivity contribution in [1.82, 2.24) is 5.32 Å². The molecular formula is C17H19N3O2. The Morgan fingerprint density at radius 1 is 1.23 bits per heavy atom. The van der Waals surface area contributed by atoms with Crippen LogP contribution >= 0.6 is 0 Å². The quantitative estimate of drug-likeness (QED) is 0.871. The summed E-state index contributed by atoms with van der Waals surface area (Å²) in [6.07, 6.45) is 4.43. The Morgan fingerprint density at radius 2 is 1.95 bits per heavy atom. The Morgan fingerprint density at radius 3 is 2.55 bits per heavy atom. The zero-order valence-electron chi connectivity index (χ0n) is 13.2. The number of amides is 1. The van der Waals surface area contributed by atoms with E-state index in [0.29, 0.717) is 11.4 Å². The molecule has 1 aliphatic carbocycles. The van der Waals surface area contributed by atoms with Crippen LogP contribution in [-0.2, 0) is 9.59 Å². The van der Waals surface area contributed by atoms with E-state index in [9.17, 15) is 9.59 Å². The molecule has 0 aromatic heterocycles. The van der Waals surface area contributed by atoms with Gasteiger partial charge >= 0.3 is 0 Å². The number of aliphatic imine (C=N–C) groups is 1. The molecule has 0 fully saturated rings. The van der Waals surface area contributed by atoms with Crippen molar-refractivity contribution in [3.8, 4) is 0 Å². The molecule has 0 saturated carbocycles. The van der Waals surface area contributed by atoms with Gasteiger partial charge in [-0.1, -0.05) is 0 Å². The van der Waals surface area contributed by atoms with Gasteiger partial charge in [0, 0.05) is 32.8 Å². The van der Waals surface area contributed by atoms with E-state index in [2.05, 4.69) is 10.3 Å². The normalized spacial score (nSPS) is 15.7. The molecule has 2 rings (SSSR count). The number of nitrogens with one attached hydrogen (secondary N) is 1. The van der Waals surface area contributed by atoms with Gasteiger partial charge < -0.3 is 10.2 Å². The zero-order valence-corrected chi connectivity index (χ0v) is 13.2. The third-order valence-electron chi connectivity index (χ3n) is 3.22. The van der Waals surface area contributed by atoms with Gasteiger partial charge in [-0.05, 0) is 42.8 Å². The van der Waals surface area contributed by atoms with Crippen molar-refractivity contribution in [2.75, 3.05) is 19.0 Å². The fraction of sp³-hybridized carbons (Fsp3) is 0.235. The number of ketones is 1. The summed E-state index contributed by atoms with van der Waals surface area (Å²) in [6.45, 7) is 3.38. The monoisotopic (exact) mass is 297 g/mol. The maximum Gasteiger partial charge on any atom is 0.221 e. The zero-order chi connectivity index (χ0) is 16.3. The number of hydrogen-bond donors (Lipinski definition) is 1. The molecule has 0 spiro atoms. The van der Waals surface area contributed by atoms with Crippen molar-refractivity contribution >= 4 is 28.8 Å². The molecule has 1 amide bonds. The molecule has 114 valence electrons. The van der Waals surface area contributed by atoms with E-state index in [1.807, 2.05) is 44.1 Å². The van der Waals surface area contributed by atoms with Crippen molar-refractivity contribution < 1.29 is 9.59 Å². The van der Waals surface area contributed by atoms with Gasteiger partial charge in [0.25, 0.3) is 0 Å². The fourth-order valence-corrected chi connectivity index (χ4v) is 2.08. The van der Waals surface area contributed by atoms with Crippen LogP contribution in [0.15, 0.2) is 47.1 Å². The average molecular weight is 297 g/mol. The van der Waals surface area contributed by atoms with Gasteiger partial charge in [0.15, 0.2) is 5.78 Å². The second-order valence-corrected chi connectivity index (χ2v) is 5.34. The average Bonchev–Trinajstić information content (AvgIpc) is 2.42. The molecule has 0 radical (unpaired) electrons. The molecule has 0 aliphatic heterocycles. The van der Waals surface area contributed by atoms with E-state index < -0.39 is 0 Å². The number of anilines is 1. The van der Waals surface area contributed by atoms with E-state index in [4.69, 9.17) is 0 Å². The highest BCUT2D eigenvalue weighted by molar-refractivity contribution is 6.21. The molecule has 0 bridgehead atoms. The number of carbonyl (C=O) groups is 2. The van der Waals surface area contributed by atoms with Crippen LogP contribution in [-0.4, -0.2) is 31.5 Å². The van der Waals surface area contributed by atoms with Crippen LogP contribution in [0.3, 0.4) is 0 Å². The van der Waals surface area contributed by atoms with Gasteiger partial charge in [-0.25, -0.2) is 4.99 Å². The Bertz CT molecular complexity index is 713. The fourth-order valence-electron chi connectivity index (χ4n) is 2.08. The van der Waals surface area contributed by atoms with Crippen molar-refractivity contribution in [2.24, 2.45) is 4.99 Å². The lowest BCUT2D eigenvalue weighted by Gasteiger charge is -2.15. The second kappa shape index (κ2) is 6.39. The third kappa shape index (κ3) is 3.69. The number of allylic oxidation sites excluding steroid dienone is 3. The van der Waals surface area contributed by atoms with E-state index in [-0.39, 0.29) is 11.7 Å². The van der Waals surface area contributed by atoms with Gasteiger partial charge in [-0.2, -0.15) is 0 Å². The van der Waals surface area contributed by atoms with Crippen molar-refractivity contribution in [2.45, 2.75) is 13.8 Å². The highest BCUT2D eigenvalue weighted by Crippen LogP contribution is 2.25. The Kier molecular flexibility index (Phi) is 4.56. The Hall–Kier alpha value is -2.69. The van der Waals surface area contributed by atoms with Crippen LogP contribution in [0, 0.1) is 6.92 Å². The van der Waals surface area contributed by atoms with Gasteiger partial charge in [-0.3, -0.25) is 9.59 Å². The molecule has 1 aromatic rings. The number of carbonyl (C=O) groups excluding carboxylic acids is 2.